The molecule has 0 bridgehead atoms. The Balaban J connectivity index is 4.18. The van der Waals surface area contributed by atoms with Crippen LogP contribution in [-0.2, 0) is 4.79 Å². The lowest BCUT2D eigenvalue weighted by molar-refractivity contribution is -0.112. The molecule has 0 unspecified atom stereocenters. The van der Waals surface area contributed by atoms with Crippen LogP contribution in [0.2, 0.25) is 0 Å². The van der Waals surface area contributed by atoms with E-state index in [-0.39, 0.29) is 5.78 Å². The summed E-state index contributed by atoms with van der Waals surface area (Å²) in [7, 11) is 5.55. The Morgan fingerprint density at radius 1 is 1.50 bits per heavy atom. The normalized spacial score (nSPS) is 11.0. The first kappa shape index (κ1) is 9.01. The Labute approximate surface area is 61.7 Å². The number of nitrogens with zero attached hydrogens (tertiary/aromatic N) is 1. The Morgan fingerprint density at radius 3 is 2.10 bits per heavy atom. The molecule has 10 heavy (non-hydrogen) atoms. The average Bonchev–Trinajstić information content (AvgIpc) is 1.81. The molecule has 0 aliphatic rings. The maximum Gasteiger partial charge on any atom is 0.156 e. The fourth-order valence-electron chi connectivity index (χ4n) is 0.617. The lowest BCUT2D eigenvalue weighted by atomic mass is 10.4. The van der Waals surface area contributed by atoms with E-state index in [2.05, 4.69) is 5.32 Å². The highest BCUT2D eigenvalue weighted by Gasteiger charge is 1.95. The number of ketones is 1. The van der Waals surface area contributed by atoms with E-state index in [0.717, 1.165) is 5.82 Å². The van der Waals surface area contributed by atoms with Crippen LogP contribution in [0, 0.1) is 0 Å². The van der Waals surface area contributed by atoms with Crippen molar-refractivity contribution in [2.75, 3.05) is 21.1 Å². The van der Waals surface area contributed by atoms with Gasteiger partial charge in [0.25, 0.3) is 0 Å². The Kier molecular flexibility index (Phi) is 3.54. The number of carbonyl (C=O) groups is 1. The minimum absolute atomic E-state index is 0.0537. The molecule has 0 spiro atoms. The van der Waals surface area contributed by atoms with Gasteiger partial charge in [-0.3, -0.25) is 4.79 Å². The third-order valence-corrected chi connectivity index (χ3v) is 1.08. The van der Waals surface area contributed by atoms with E-state index in [9.17, 15) is 4.79 Å². The van der Waals surface area contributed by atoms with Crippen molar-refractivity contribution in [1.29, 1.82) is 0 Å². The Bertz CT molecular complexity index is 150. The van der Waals surface area contributed by atoms with Crippen molar-refractivity contribution in [2.24, 2.45) is 0 Å². The summed E-state index contributed by atoms with van der Waals surface area (Å²) in [6.45, 7) is 1.53. The molecule has 0 atom stereocenters. The molecule has 0 radical (unpaired) electrons. The molecule has 0 rings (SSSR count). The van der Waals surface area contributed by atoms with Crippen LogP contribution in [0.5, 0.6) is 0 Å². The van der Waals surface area contributed by atoms with Crippen molar-refractivity contribution in [3.8, 4) is 0 Å². The lowest BCUT2D eigenvalue weighted by Crippen LogP contribution is -2.22. The molecule has 0 aromatic rings. The van der Waals surface area contributed by atoms with Gasteiger partial charge in [0.05, 0.1) is 0 Å². The van der Waals surface area contributed by atoms with Crippen LogP contribution < -0.4 is 5.32 Å². The van der Waals surface area contributed by atoms with E-state index in [0.29, 0.717) is 0 Å². The summed E-state index contributed by atoms with van der Waals surface area (Å²) in [5.74, 6) is 0.880. The summed E-state index contributed by atoms with van der Waals surface area (Å²) in [4.78, 5) is 12.4. The van der Waals surface area contributed by atoms with E-state index in [1.807, 2.05) is 19.0 Å². The molecule has 1 N–H and O–H groups in total. The summed E-state index contributed by atoms with van der Waals surface area (Å²) in [5.41, 5.74) is 0. The maximum atomic E-state index is 10.6. The molecule has 0 aliphatic heterocycles. The minimum Gasteiger partial charge on any atom is -0.375 e. The van der Waals surface area contributed by atoms with Crippen molar-refractivity contribution in [3.63, 3.8) is 0 Å². The molecule has 58 valence electrons. The van der Waals surface area contributed by atoms with Gasteiger partial charge in [-0.05, 0) is 6.92 Å². The first-order valence-corrected chi connectivity index (χ1v) is 3.15. The maximum absolute atomic E-state index is 10.6. The van der Waals surface area contributed by atoms with Crippen molar-refractivity contribution >= 4 is 5.78 Å². The fourth-order valence-corrected chi connectivity index (χ4v) is 0.617. The van der Waals surface area contributed by atoms with E-state index in [1.54, 1.807) is 13.1 Å². The van der Waals surface area contributed by atoms with Gasteiger partial charge in [-0.2, -0.15) is 0 Å². The van der Waals surface area contributed by atoms with Gasteiger partial charge in [-0.15, -0.1) is 0 Å². The third-order valence-electron chi connectivity index (χ3n) is 1.08. The molecule has 0 aromatic carbocycles. The summed E-state index contributed by atoms with van der Waals surface area (Å²) in [6.07, 6.45) is 1.56. The molecule has 0 saturated heterocycles. The Morgan fingerprint density at radius 2 is 2.00 bits per heavy atom. The Hall–Kier alpha value is -0.990. The smallest absolute Gasteiger partial charge is 0.156 e. The van der Waals surface area contributed by atoms with Crippen LogP contribution in [0.3, 0.4) is 0 Å². The molecule has 3 heteroatoms. The van der Waals surface area contributed by atoms with Crippen LogP contribution in [0.25, 0.3) is 0 Å². The highest BCUT2D eigenvalue weighted by Crippen LogP contribution is 1.91. The van der Waals surface area contributed by atoms with Gasteiger partial charge >= 0.3 is 0 Å². The molecule has 0 saturated carbocycles. The van der Waals surface area contributed by atoms with Gasteiger partial charge in [-0.1, -0.05) is 0 Å². The van der Waals surface area contributed by atoms with E-state index in [4.69, 9.17) is 0 Å². The summed E-state index contributed by atoms with van der Waals surface area (Å²) >= 11 is 0. The zero-order valence-corrected chi connectivity index (χ0v) is 6.93. The fraction of sp³-hybridized carbons (Fsp3) is 0.571. The van der Waals surface area contributed by atoms with Crippen molar-refractivity contribution in [3.05, 3.63) is 11.9 Å². The standard InChI is InChI=1S/C7H14N2O/c1-6(10)5-7(8-2)9(3)4/h5,8H,1-4H3/b7-5+. The summed E-state index contributed by atoms with van der Waals surface area (Å²) in [5, 5.41) is 2.90. The van der Waals surface area contributed by atoms with Gasteiger partial charge in [0.15, 0.2) is 5.78 Å². The quantitative estimate of drug-likeness (QED) is 0.571. The second kappa shape index (κ2) is 3.93. The number of nitrogens with one attached hydrogen (secondary N) is 1. The van der Waals surface area contributed by atoms with Gasteiger partial charge in [0, 0.05) is 27.2 Å². The predicted molar refractivity (Wildman–Crippen MR) is 41.5 cm³/mol. The number of hydrogen-bond donors (Lipinski definition) is 1. The zero-order valence-electron chi connectivity index (χ0n) is 6.93. The first-order valence-electron chi connectivity index (χ1n) is 3.15. The highest BCUT2D eigenvalue weighted by atomic mass is 16.1. The van der Waals surface area contributed by atoms with E-state index >= 15 is 0 Å². The predicted octanol–water partition coefficient (Wildman–Crippen LogP) is 0.198. The second-order valence-corrected chi connectivity index (χ2v) is 2.28. The monoisotopic (exact) mass is 142 g/mol. The van der Waals surface area contributed by atoms with Crippen LogP contribution in [0.15, 0.2) is 11.9 Å². The summed E-state index contributed by atoms with van der Waals surface area (Å²) < 4.78 is 0. The molecular weight excluding hydrogens is 128 g/mol. The zero-order chi connectivity index (χ0) is 8.15. The third kappa shape index (κ3) is 3.12. The molecule has 0 aromatic heterocycles. The van der Waals surface area contributed by atoms with Crippen LogP contribution in [0.1, 0.15) is 6.92 Å². The first-order chi connectivity index (χ1) is 4.57. The van der Waals surface area contributed by atoms with E-state index < -0.39 is 0 Å². The lowest BCUT2D eigenvalue weighted by Gasteiger charge is -2.15. The SMILES string of the molecule is CN/C(=C\C(C)=O)N(C)C. The van der Waals surface area contributed by atoms with Crippen LogP contribution >= 0.6 is 0 Å². The summed E-state index contributed by atoms with van der Waals surface area (Å²) in [6, 6.07) is 0. The van der Waals surface area contributed by atoms with E-state index in [1.165, 1.54) is 6.92 Å². The van der Waals surface area contributed by atoms with Gasteiger partial charge in [0.2, 0.25) is 0 Å². The molecule has 0 fully saturated rings. The molecule has 0 amide bonds. The van der Waals surface area contributed by atoms with Gasteiger partial charge < -0.3 is 10.2 Å². The number of allylic oxidation sites excluding steroid dienone is 1. The molecular formula is C7H14N2O. The number of hydrogen-bond acceptors (Lipinski definition) is 3. The minimum atomic E-state index is 0.0537. The second-order valence-electron chi connectivity index (χ2n) is 2.28. The van der Waals surface area contributed by atoms with Gasteiger partial charge in [0.1, 0.15) is 5.82 Å². The number of rotatable bonds is 3. The topological polar surface area (TPSA) is 32.3 Å². The van der Waals surface area contributed by atoms with Crippen molar-refractivity contribution < 1.29 is 4.79 Å². The number of carbonyl (C=O) groups excluding carboxylic acids is 1. The van der Waals surface area contributed by atoms with Crippen LogP contribution in [-0.4, -0.2) is 31.8 Å². The van der Waals surface area contributed by atoms with Crippen molar-refractivity contribution in [1.82, 2.24) is 10.2 Å². The highest BCUT2D eigenvalue weighted by molar-refractivity contribution is 5.87. The largest absolute Gasteiger partial charge is 0.375 e. The van der Waals surface area contributed by atoms with Gasteiger partial charge in [-0.25, -0.2) is 0 Å². The molecule has 3 nitrogen and oxygen atoms in total. The van der Waals surface area contributed by atoms with Crippen molar-refractivity contribution in [2.45, 2.75) is 6.92 Å². The molecule has 0 heterocycles. The average molecular weight is 142 g/mol. The van der Waals surface area contributed by atoms with Crippen LogP contribution in [0.4, 0.5) is 0 Å². The molecule has 0 aliphatic carbocycles.